The van der Waals surface area contributed by atoms with Crippen molar-refractivity contribution in [3.8, 4) is 0 Å². The molecule has 1 N–H and O–H groups in total. The molecule has 0 spiro atoms. The van der Waals surface area contributed by atoms with Crippen LogP contribution in [0, 0.1) is 5.92 Å². The van der Waals surface area contributed by atoms with Crippen LogP contribution in [0.1, 0.15) is 19.5 Å². The number of nitrogens with one attached hydrogen (secondary N) is 1. The molecule has 0 atom stereocenters. The molecule has 0 radical (unpaired) electrons. The number of aromatic nitrogens is 2. The monoisotopic (exact) mass is 259 g/mol. The fourth-order valence-corrected chi connectivity index (χ4v) is 1.92. The minimum atomic E-state index is -2.91. The zero-order chi connectivity index (χ0) is 12.9. The van der Waals surface area contributed by atoms with Crippen LogP contribution < -0.4 is 5.32 Å². The molecule has 1 heterocycles. The highest BCUT2D eigenvalue weighted by molar-refractivity contribution is 7.90. The Morgan fingerprint density at radius 3 is 2.76 bits per heavy atom. The smallest absolute Gasteiger partial charge is 0.149 e. The van der Waals surface area contributed by atoms with Gasteiger partial charge in [0.1, 0.15) is 9.84 Å². The van der Waals surface area contributed by atoms with Crippen molar-refractivity contribution < 1.29 is 8.42 Å². The fraction of sp³-hybridized carbons (Fsp3) is 0.727. The van der Waals surface area contributed by atoms with Crippen molar-refractivity contribution in [2.45, 2.75) is 26.9 Å². The molecule has 17 heavy (non-hydrogen) atoms. The molecule has 0 fully saturated rings. The Kier molecular flexibility index (Phi) is 5.14. The summed E-state index contributed by atoms with van der Waals surface area (Å²) in [6.45, 7) is 6.45. The van der Waals surface area contributed by atoms with Crippen LogP contribution in [0.2, 0.25) is 0 Å². The highest BCUT2D eigenvalue weighted by Gasteiger charge is 2.04. The number of imidazole rings is 1. The van der Waals surface area contributed by atoms with E-state index in [1.54, 1.807) is 6.33 Å². The summed E-state index contributed by atoms with van der Waals surface area (Å²) in [5, 5.41) is 3.29. The van der Waals surface area contributed by atoms with Crippen LogP contribution >= 0.6 is 0 Å². The van der Waals surface area contributed by atoms with Crippen molar-refractivity contribution in [2.24, 2.45) is 5.92 Å². The van der Waals surface area contributed by atoms with Gasteiger partial charge in [0.05, 0.1) is 17.8 Å². The van der Waals surface area contributed by atoms with Crippen LogP contribution in [-0.2, 0) is 22.9 Å². The molecule has 1 rings (SSSR count). The van der Waals surface area contributed by atoms with Gasteiger partial charge in [-0.15, -0.1) is 0 Å². The van der Waals surface area contributed by atoms with Gasteiger partial charge in [0.25, 0.3) is 0 Å². The van der Waals surface area contributed by atoms with Crippen LogP contribution in [0.3, 0.4) is 0 Å². The van der Waals surface area contributed by atoms with E-state index in [0.717, 1.165) is 18.8 Å². The summed E-state index contributed by atoms with van der Waals surface area (Å²) in [5.41, 5.74) is 0.944. The molecule has 0 saturated heterocycles. The Balaban J connectivity index is 2.37. The first-order chi connectivity index (χ1) is 7.87. The van der Waals surface area contributed by atoms with E-state index in [9.17, 15) is 8.42 Å². The fourth-order valence-electron chi connectivity index (χ4n) is 1.38. The number of hydrogen-bond acceptors (Lipinski definition) is 4. The largest absolute Gasteiger partial charge is 0.336 e. The average Bonchev–Trinajstić information content (AvgIpc) is 2.61. The molecule has 5 nitrogen and oxygen atoms in total. The normalized spacial score (nSPS) is 12.2. The molecule has 0 saturated carbocycles. The summed E-state index contributed by atoms with van der Waals surface area (Å²) in [7, 11) is -2.91. The van der Waals surface area contributed by atoms with E-state index in [1.807, 2.05) is 10.8 Å². The summed E-state index contributed by atoms with van der Waals surface area (Å²) in [6, 6.07) is 0. The molecule has 0 aromatic carbocycles. The van der Waals surface area contributed by atoms with E-state index >= 15 is 0 Å². The Bertz CT molecular complexity index is 437. The number of rotatable bonds is 7. The molecule has 0 unspecified atom stereocenters. The predicted octanol–water partition coefficient (Wildman–Crippen LogP) is 0.673. The van der Waals surface area contributed by atoms with E-state index in [-0.39, 0.29) is 5.75 Å². The second-order valence-electron chi connectivity index (χ2n) is 4.76. The SMILES string of the molecule is CC(C)CNCc1cn(CCS(C)(=O)=O)cn1. The Morgan fingerprint density at radius 1 is 1.47 bits per heavy atom. The predicted molar refractivity (Wildman–Crippen MR) is 68.5 cm³/mol. The average molecular weight is 259 g/mol. The summed E-state index contributed by atoms with van der Waals surface area (Å²) in [4.78, 5) is 4.22. The Labute approximate surface area is 103 Å². The van der Waals surface area contributed by atoms with Crippen LogP contribution in [0.4, 0.5) is 0 Å². The van der Waals surface area contributed by atoms with Crippen molar-refractivity contribution in [1.29, 1.82) is 0 Å². The van der Waals surface area contributed by atoms with Crippen molar-refractivity contribution >= 4 is 9.84 Å². The van der Waals surface area contributed by atoms with Crippen LogP contribution in [-0.4, -0.2) is 36.5 Å². The lowest BCUT2D eigenvalue weighted by Crippen LogP contribution is -2.19. The minimum Gasteiger partial charge on any atom is -0.336 e. The first-order valence-electron chi connectivity index (χ1n) is 5.76. The van der Waals surface area contributed by atoms with Gasteiger partial charge in [0, 0.05) is 25.5 Å². The second-order valence-corrected chi connectivity index (χ2v) is 7.02. The third kappa shape index (κ3) is 6.43. The van der Waals surface area contributed by atoms with E-state index in [1.165, 1.54) is 6.26 Å². The highest BCUT2D eigenvalue weighted by Crippen LogP contribution is 1.98. The molecular formula is C11H21N3O2S. The maximum absolute atomic E-state index is 11.0. The third-order valence-corrected chi connectivity index (χ3v) is 3.19. The van der Waals surface area contributed by atoms with E-state index in [0.29, 0.717) is 12.5 Å². The molecule has 1 aromatic heterocycles. The summed E-state index contributed by atoms with van der Waals surface area (Å²) in [5.74, 6) is 0.768. The molecule has 0 aliphatic carbocycles. The molecular weight excluding hydrogens is 238 g/mol. The van der Waals surface area contributed by atoms with Crippen molar-refractivity contribution in [2.75, 3.05) is 18.6 Å². The van der Waals surface area contributed by atoms with Crippen molar-refractivity contribution in [3.63, 3.8) is 0 Å². The molecule has 6 heteroatoms. The topological polar surface area (TPSA) is 64.0 Å². The van der Waals surface area contributed by atoms with Crippen LogP contribution in [0.15, 0.2) is 12.5 Å². The number of hydrogen-bond donors (Lipinski definition) is 1. The van der Waals surface area contributed by atoms with Crippen molar-refractivity contribution in [3.05, 3.63) is 18.2 Å². The summed E-state index contributed by atoms with van der Waals surface area (Å²) in [6.07, 6.45) is 4.81. The zero-order valence-electron chi connectivity index (χ0n) is 10.7. The molecule has 0 amide bonds. The van der Waals surface area contributed by atoms with Crippen LogP contribution in [0.5, 0.6) is 0 Å². The van der Waals surface area contributed by atoms with Crippen LogP contribution in [0.25, 0.3) is 0 Å². The van der Waals surface area contributed by atoms with Gasteiger partial charge in [-0.2, -0.15) is 0 Å². The maximum atomic E-state index is 11.0. The highest BCUT2D eigenvalue weighted by atomic mass is 32.2. The lowest BCUT2D eigenvalue weighted by Gasteiger charge is -2.04. The molecule has 0 bridgehead atoms. The number of aryl methyl sites for hydroxylation is 1. The summed E-state index contributed by atoms with van der Waals surface area (Å²) < 4.78 is 23.8. The van der Waals surface area contributed by atoms with Gasteiger partial charge < -0.3 is 9.88 Å². The van der Waals surface area contributed by atoms with Gasteiger partial charge in [-0.1, -0.05) is 13.8 Å². The third-order valence-electron chi connectivity index (χ3n) is 2.27. The zero-order valence-corrected chi connectivity index (χ0v) is 11.5. The van der Waals surface area contributed by atoms with Crippen molar-refractivity contribution in [1.82, 2.24) is 14.9 Å². The van der Waals surface area contributed by atoms with E-state index in [2.05, 4.69) is 24.1 Å². The Morgan fingerprint density at radius 2 is 2.18 bits per heavy atom. The number of sulfone groups is 1. The minimum absolute atomic E-state index is 0.155. The first-order valence-corrected chi connectivity index (χ1v) is 7.82. The van der Waals surface area contributed by atoms with Gasteiger partial charge in [-0.05, 0) is 12.5 Å². The maximum Gasteiger partial charge on any atom is 0.149 e. The Hall–Kier alpha value is -0.880. The van der Waals surface area contributed by atoms with Gasteiger partial charge in [-0.25, -0.2) is 13.4 Å². The molecule has 98 valence electrons. The molecule has 0 aliphatic heterocycles. The van der Waals surface area contributed by atoms with E-state index in [4.69, 9.17) is 0 Å². The standard InChI is InChI=1S/C11H21N3O2S/c1-10(2)6-12-7-11-8-14(9-13-11)4-5-17(3,15)16/h8-10,12H,4-7H2,1-3H3. The second kappa shape index (κ2) is 6.16. The molecule has 0 aliphatic rings. The quantitative estimate of drug-likeness (QED) is 0.782. The summed E-state index contributed by atoms with van der Waals surface area (Å²) >= 11 is 0. The first kappa shape index (κ1) is 14.2. The molecule has 1 aromatic rings. The lowest BCUT2D eigenvalue weighted by atomic mass is 10.2. The van der Waals surface area contributed by atoms with Gasteiger partial charge in [0.15, 0.2) is 0 Å². The van der Waals surface area contributed by atoms with Gasteiger partial charge in [-0.3, -0.25) is 0 Å². The van der Waals surface area contributed by atoms with E-state index < -0.39 is 9.84 Å². The lowest BCUT2D eigenvalue weighted by molar-refractivity contribution is 0.548. The number of nitrogens with zero attached hydrogens (tertiary/aromatic N) is 2. The van der Waals surface area contributed by atoms with Gasteiger partial charge >= 0.3 is 0 Å². The van der Waals surface area contributed by atoms with Gasteiger partial charge in [0.2, 0.25) is 0 Å².